The van der Waals surface area contributed by atoms with E-state index >= 15 is 0 Å². The lowest BCUT2D eigenvalue weighted by atomic mass is 10.1. The molecule has 0 radical (unpaired) electrons. The van der Waals surface area contributed by atoms with E-state index in [-0.39, 0.29) is 13.0 Å². The zero-order valence-corrected chi connectivity index (χ0v) is 13.9. The second-order valence-corrected chi connectivity index (χ2v) is 5.78. The van der Waals surface area contributed by atoms with Gasteiger partial charge in [-0.3, -0.25) is 0 Å². The van der Waals surface area contributed by atoms with Gasteiger partial charge in [0.2, 0.25) is 0 Å². The average Bonchev–Trinajstić information content (AvgIpc) is 2.52. The topological polar surface area (TPSA) is 90.2 Å². The molecular formula is C17H34O5. The fraction of sp³-hybridized carbons (Fsp3) is 0.882. The van der Waals surface area contributed by atoms with Crippen LogP contribution in [0.1, 0.15) is 64.7 Å². The monoisotopic (exact) mass is 318 g/mol. The van der Waals surface area contributed by atoms with E-state index in [1.165, 1.54) is 44.8 Å². The molecule has 5 nitrogen and oxygen atoms in total. The lowest BCUT2D eigenvalue weighted by Crippen LogP contribution is -2.35. The number of hydrogen-bond acceptors (Lipinski definition) is 5. The molecule has 3 atom stereocenters. The first-order valence-corrected chi connectivity index (χ1v) is 8.54. The van der Waals surface area contributed by atoms with Crippen LogP contribution in [0.5, 0.6) is 0 Å². The minimum atomic E-state index is -1.00. The van der Waals surface area contributed by atoms with Gasteiger partial charge in [0, 0.05) is 6.42 Å². The molecule has 0 aromatic heterocycles. The maximum atomic E-state index is 9.76. The fourth-order valence-electron chi connectivity index (χ4n) is 2.20. The third-order valence-corrected chi connectivity index (χ3v) is 3.66. The molecule has 0 aromatic carbocycles. The van der Waals surface area contributed by atoms with Gasteiger partial charge in [0.05, 0.1) is 31.7 Å². The van der Waals surface area contributed by atoms with Crippen LogP contribution in [-0.4, -0.2) is 52.0 Å². The first-order valence-electron chi connectivity index (χ1n) is 8.54. The predicted octanol–water partition coefficient (Wildman–Crippen LogP) is 2.12. The Hall–Kier alpha value is -0.620. The number of rotatable bonds is 15. The summed E-state index contributed by atoms with van der Waals surface area (Å²) in [5.74, 6) is 0. The molecule has 0 spiro atoms. The maximum absolute atomic E-state index is 9.76. The molecular weight excluding hydrogens is 284 g/mol. The quantitative estimate of drug-likeness (QED) is 0.274. The van der Waals surface area contributed by atoms with Gasteiger partial charge in [-0.05, 0) is 18.9 Å². The Balaban J connectivity index is 3.67. The minimum Gasteiger partial charge on any atom is -0.493 e. The Morgan fingerprint density at radius 2 is 1.55 bits per heavy atom. The van der Waals surface area contributed by atoms with E-state index < -0.39 is 24.9 Å². The predicted molar refractivity (Wildman–Crippen MR) is 87.4 cm³/mol. The molecule has 0 saturated heterocycles. The van der Waals surface area contributed by atoms with Gasteiger partial charge in [-0.2, -0.15) is 0 Å². The average molecular weight is 318 g/mol. The largest absolute Gasteiger partial charge is 0.493 e. The molecule has 4 N–H and O–H groups in total. The van der Waals surface area contributed by atoms with Crippen LogP contribution in [0, 0.1) is 0 Å². The van der Waals surface area contributed by atoms with Crippen molar-refractivity contribution in [1.29, 1.82) is 0 Å². The van der Waals surface area contributed by atoms with Gasteiger partial charge in [-0.15, -0.1) is 0 Å². The molecule has 5 heteroatoms. The first-order chi connectivity index (χ1) is 10.7. The normalized spacial score (nSPS) is 15.9. The molecule has 0 amide bonds. The molecule has 0 bridgehead atoms. The van der Waals surface area contributed by atoms with Gasteiger partial charge >= 0.3 is 0 Å². The zero-order valence-electron chi connectivity index (χ0n) is 13.9. The molecule has 0 aliphatic carbocycles. The van der Waals surface area contributed by atoms with E-state index in [1.807, 2.05) is 6.08 Å². The molecule has 0 aliphatic rings. The Bertz CT molecular complexity index is 257. The first kappa shape index (κ1) is 21.4. The number of allylic oxidation sites excluding steroid dienone is 1. The zero-order chi connectivity index (χ0) is 16.6. The Morgan fingerprint density at radius 3 is 2.14 bits per heavy atom. The summed E-state index contributed by atoms with van der Waals surface area (Å²) in [6.45, 7) is 1.47. The molecule has 0 rings (SSSR count). The highest BCUT2D eigenvalue weighted by molar-refractivity contribution is 4.79. The van der Waals surface area contributed by atoms with Crippen LogP contribution >= 0.6 is 0 Å². The van der Waals surface area contributed by atoms with Crippen LogP contribution in [0.2, 0.25) is 0 Å². The Labute approximate surface area is 134 Å². The van der Waals surface area contributed by atoms with Gasteiger partial charge < -0.3 is 25.2 Å². The smallest absolute Gasteiger partial charge is 0.147 e. The SMILES string of the molecule is CCCCCCCCCC=COC(CO)C(O)CC(O)CO. The van der Waals surface area contributed by atoms with Crippen molar-refractivity contribution in [1.82, 2.24) is 0 Å². The van der Waals surface area contributed by atoms with Gasteiger partial charge in [-0.25, -0.2) is 0 Å². The van der Waals surface area contributed by atoms with Crippen LogP contribution in [0.15, 0.2) is 12.3 Å². The molecule has 0 fully saturated rings. The molecule has 0 aliphatic heterocycles. The van der Waals surface area contributed by atoms with E-state index in [4.69, 9.17) is 14.9 Å². The van der Waals surface area contributed by atoms with Gasteiger partial charge in [-0.1, -0.05) is 45.4 Å². The fourth-order valence-corrected chi connectivity index (χ4v) is 2.20. The van der Waals surface area contributed by atoms with Crippen molar-refractivity contribution < 1.29 is 25.2 Å². The van der Waals surface area contributed by atoms with Crippen molar-refractivity contribution in [3.63, 3.8) is 0 Å². The summed E-state index contributed by atoms with van der Waals surface area (Å²) in [6.07, 6.45) is 10.3. The van der Waals surface area contributed by atoms with Gasteiger partial charge in [0.1, 0.15) is 6.10 Å². The van der Waals surface area contributed by atoms with Crippen molar-refractivity contribution in [3.05, 3.63) is 12.3 Å². The number of hydrogen-bond donors (Lipinski definition) is 4. The van der Waals surface area contributed by atoms with Gasteiger partial charge in [0.25, 0.3) is 0 Å². The maximum Gasteiger partial charge on any atom is 0.147 e. The van der Waals surface area contributed by atoms with Crippen LogP contribution in [-0.2, 0) is 4.74 Å². The van der Waals surface area contributed by atoms with E-state index in [9.17, 15) is 10.2 Å². The van der Waals surface area contributed by atoms with Crippen LogP contribution in [0.25, 0.3) is 0 Å². The number of ether oxygens (including phenoxy) is 1. The molecule has 0 heterocycles. The van der Waals surface area contributed by atoms with E-state index in [1.54, 1.807) is 0 Å². The van der Waals surface area contributed by atoms with E-state index in [2.05, 4.69) is 6.92 Å². The second kappa shape index (κ2) is 15.3. The highest BCUT2D eigenvalue weighted by Gasteiger charge is 2.21. The molecule has 0 saturated carbocycles. The number of aliphatic hydroxyl groups excluding tert-OH is 4. The summed E-state index contributed by atoms with van der Waals surface area (Å²) in [4.78, 5) is 0. The Kier molecular flexibility index (Phi) is 14.9. The lowest BCUT2D eigenvalue weighted by molar-refractivity contribution is -0.0498. The molecule has 132 valence electrons. The molecule has 22 heavy (non-hydrogen) atoms. The van der Waals surface area contributed by atoms with Crippen molar-refractivity contribution >= 4 is 0 Å². The summed E-state index contributed by atoms with van der Waals surface area (Å²) < 4.78 is 5.28. The molecule has 3 unspecified atom stereocenters. The summed E-state index contributed by atoms with van der Waals surface area (Å²) in [7, 11) is 0. The van der Waals surface area contributed by atoms with Crippen LogP contribution in [0.4, 0.5) is 0 Å². The van der Waals surface area contributed by atoms with Crippen LogP contribution in [0.3, 0.4) is 0 Å². The second-order valence-electron chi connectivity index (χ2n) is 5.78. The summed E-state index contributed by atoms with van der Waals surface area (Å²) >= 11 is 0. The van der Waals surface area contributed by atoms with Crippen molar-refractivity contribution in [2.45, 2.75) is 83.0 Å². The molecule has 0 aromatic rings. The highest BCUT2D eigenvalue weighted by atomic mass is 16.5. The van der Waals surface area contributed by atoms with Crippen LogP contribution < -0.4 is 0 Å². The summed E-state index contributed by atoms with van der Waals surface area (Å²) in [6, 6.07) is 0. The Morgan fingerprint density at radius 1 is 0.909 bits per heavy atom. The van der Waals surface area contributed by atoms with E-state index in [0.717, 1.165) is 12.8 Å². The number of unbranched alkanes of at least 4 members (excludes halogenated alkanes) is 7. The highest BCUT2D eigenvalue weighted by Crippen LogP contribution is 2.10. The third kappa shape index (κ3) is 12.0. The van der Waals surface area contributed by atoms with Crippen molar-refractivity contribution in [2.75, 3.05) is 13.2 Å². The lowest BCUT2D eigenvalue weighted by Gasteiger charge is -2.21. The standard InChI is InChI=1S/C17H34O5/c1-2-3-4-5-6-7-8-9-10-11-22-17(14-19)16(21)12-15(20)13-18/h10-11,15-21H,2-9,12-14H2,1H3. The third-order valence-electron chi connectivity index (χ3n) is 3.66. The number of aliphatic hydroxyl groups is 4. The van der Waals surface area contributed by atoms with Gasteiger partial charge in [0.15, 0.2) is 0 Å². The minimum absolute atomic E-state index is 0.0205. The summed E-state index contributed by atoms with van der Waals surface area (Å²) in [5, 5.41) is 36.9. The van der Waals surface area contributed by atoms with Crippen molar-refractivity contribution in [2.24, 2.45) is 0 Å². The summed E-state index contributed by atoms with van der Waals surface area (Å²) in [5.41, 5.74) is 0. The van der Waals surface area contributed by atoms with Crippen molar-refractivity contribution in [3.8, 4) is 0 Å². The van der Waals surface area contributed by atoms with E-state index in [0.29, 0.717) is 0 Å².